The molecule has 2 aromatic carbocycles. The fraction of sp³-hybridized carbons (Fsp3) is 0.100. The van der Waals surface area contributed by atoms with Crippen molar-refractivity contribution in [3.8, 4) is 0 Å². The molecule has 0 radical (unpaired) electrons. The van der Waals surface area contributed by atoms with Gasteiger partial charge < -0.3 is 0 Å². The Morgan fingerprint density at radius 1 is 0.963 bits per heavy atom. The molecule has 0 fully saturated rings. The number of sulfonamides is 1. The normalized spacial score (nSPS) is 17.0. The molecule has 136 valence electrons. The van der Waals surface area contributed by atoms with Gasteiger partial charge in [0, 0.05) is 24.4 Å². The second-order valence-electron chi connectivity index (χ2n) is 6.30. The van der Waals surface area contributed by atoms with Gasteiger partial charge in [0.1, 0.15) is 0 Å². The Balaban J connectivity index is 1.74. The smallest absolute Gasteiger partial charge is 0.238 e. The van der Waals surface area contributed by atoms with Crippen LogP contribution in [0.15, 0.2) is 89.1 Å². The first-order chi connectivity index (χ1) is 13.0. The average Bonchev–Trinajstić information content (AvgIpc) is 3.14. The SMILES string of the molecule is NS(=O)(=O)c1ccc(N2N=C(c3cccnc3)CC2c2ccccc2)cc1. The van der Waals surface area contributed by atoms with Gasteiger partial charge in [-0.25, -0.2) is 13.6 Å². The topological polar surface area (TPSA) is 88.7 Å². The summed E-state index contributed by atoms with van der Waals surface area (Å²) in [4.78, 5) is 4.27. The summed E-state index contributed by atoms with van der Waals surface area (Å²) in [6.07, 6.45) is 4.26. The molecule has 1 unspecified atom stereocenters. The van der Waals surface area contributed by atoms with Gasteiger partial charge in [-0.2, -0.15) is 5.10 Å². The Morgan fingerprint density at radius 3 is 2.33 bits per heavy atom. The van der Waals surface area contributed by atoms with Gasteiger partial charge >= 0.3 is 0 Å². The van der Waals surface area contributed by atoms with Crippen LogP contribution >= 0.6 is 0 Å². The molecular weight excluding hydrogens is 360 g/mol. The molecule has 0 spiro atoms. The third-order valence-electron chi connectivity index (χ3n) is 4.52. The highest BCUT2D eigenvalue weighted by Gasteiger charge is 2.30. The molecule has 2 N–H and O–H groups in total. The van der Waals surface area contributed by atoms with E-state index in [0.717, 1.165) is 28.9 Å². The quantitative estimate of drug-likeness (QED) is 0.755. The van der Waals surface area contributed by atoms with Crippen molar-refractivity contribution in [2.24, 2.45) is 10.2 Å². The van der Waals surface area contributed by atoms with Crippen LogP contribution in [-0.2, 0) is 10.0 Å². The minimum atomic E-state index is -3.73. The van der Waals surface area contributed by atoms with Gasteiger partial charge in [0.15, 0.2) is 0 Å². The molecular formula is C20H18N4O2S. The van der Waals surface area contributed by atoms with E-state index in [1.807, 2.05) is 35.3 Å². The molecule has 6 nitrogen and oxygen atoms in total. The van der Waals surface area contributed by atoms with Crippen molar-refractivity contribution in [1.29, 1.82) is 0 Å². The Kier molecular flexibility index (Phi) is 4.47. The first-order valence-electron chi connectivity index (χ1n) is 8.47. The van der Waals surface area contributed by atoms with Crippen LogP contribution in [0.25, 0.3) is 0 Å². The van der Waals surface area contributed by atoms with Gasteiger partial charge in [0.25, 0.3) is 0 Å². The largest absolute Gasteiger partial charge is 0.264 e. The van der Waals surface area contributed by atoms with Crippen LogP contribution in [-0.4, -0.2) is 19.1 Å². The lowest BCUT2D eigenvalue weighted by Gasteiger charge is -2.24. The number of hydrogen-bond donors (Lipinski definition) is 1. The number of nitrogens with zero attached hydrogens (tertiary/aromatic N) is 3. The van der Waals surface area contributed by atoms with Gasteiger partial charge in [0.05, 0.1) is 22.3 Å². The van der Waals surface area contributed by atoms with Crippen molar-refractivity contribution in [2.75, 3.05) is 5.01 Å². The fourth-order valence-electron chi connectivity index (χ4n) is 3.18. The first-order valence-corrected chi connectivity index (χ1v) is 10.0. The van der Waals surface area contributed by atoms with Crippen molar-refractivity contribution in [2.45, 2.75) is 17.4 Å². The van der Waals surface area contributed by atoms with Gasteiger partial charge in [-0.05, 0) is 35.9 Å². The zero-order valence-electron chi connectivity index (χ0n) is 14.4. The third kappa shape index (κ3) is 3.60. The van der Waals surface area contributed by atoms with Crippen LogP contribution in [0.4, 0.5) is 5.69 Å². The maximum atomic E-state index is 11.5. The molecule has 1 atom stereocenters. The van der Waals surface area contributed by atoms with E-state index >= 15 is 0 Å². The predicted molar refractivity (Wildman–Crippen MR) is 105 cm³/mol. The molecule has 0 amide bonds. The molecule has 3 aromatic rings. The minimum absolute atomic E-state index is 0.0155. The Bertz CT molecular complexity index is 1070. The highest BCUT2D eigenvalue weighted by Crippen LogP contribution is 2.36. The number of nitrogens with two attached hydrogens (primary N) is 1. The Hall–Kier alpha value is -3.03. The van der Waals surface area contributed by atoms with E-state index in [1.54, 1.807) is 24.5 Å². The maximum Gasteiger partial charge on any atom is 0.238 e. The molecule has 1 aliphatic heterocycles. The number of primary sulfonamides is 1. The molecule has 4 rings (SSSR count). The number of anilines is 1. The summed E-state index contributed by atoms with van der Waals surface area (Å²) < 4.78 is 23.0. The zero-order chi connectivity index (χ0) is 18.9. The van der Waals surface area contributed by atoms with E-state index in [0.29, 0.717) is 0 Å². The molecule has 2 heterocycles. The average molecular weight is 378 g/mol. The molecule has 0 saturated heterocycles. The summed E-state index contributed by atoms with van der Waals surface area (Å²) in [5.74, 6) is 0. The van der Waals surface area contributed by atoms with Crippen LogP contribution in [0.5, 0.6) is 0 Å². The molecule has 1 aromatic heterocycles. The lowest BCUT2D eigenvalue weighted by atomic mass is 9.99. The van der Waals surface area contributed by atoms with E-state index in [-0.39, 0.29) is 10.9 Å². The minimum Gasteiger partial charge on any atom is -0.264 e. The van der Waals surface area contributed by atoms with Gasteiger partial charge in [0.2, 0.25) is 10.0 Å². The standard InChI is InChI=1S/C20H18N4O2S/c21-27(25,26)18-10-8-17(9-11-18)24-20(15-5-2-1-3-6-15)13-19(23-24)16-7-4-12-22-14-16/h1-12,14,20H,13H2,(H2,21,25,26). The predicted octanol–water partition coefficient (Wildman–Crippen LogP) is 3.08. The van der Waals surface area contributed by atoms with Crippen LogP contribution in [0.1, 0.15) is 23.6 Å². The van der Waals surface area contributed by atoms with Crippen LogP contribution in [0.2, 0.25) is 0 Å². The van der Waals surface area contributed by atoms with E-state index < -0.39 is 10.0 Å². The van der Waals surface area contributed by atoms with Crippen LogP contribution in [0.3, 0.4) is 0 Å². The van der Waals surface area contributed by atoms with E-state index in [4.69, 9.17) is 10.2 Å². The first kappa shape index (κ1) is 17.4. The lowest BCUT2D eigenvalue weighted by Crippen LogP contribution is -2.19. The number of rotatable bonds is 4. The number of aromatic nitrogens is 1. The summed E-state index contributed by atoms with van der Waals surface area (Å²) in [6, 6.07) is 20.5. The van der Waals surface area contributed by atoms with Gasteiger partial charge in [-0.15, -0.1) is 0 Å². The Labute approximate surface area is 158 Å². The van der Waals surface area contributed by atoms with E-state index in [2.05, 4.69) is 17.1 Å². The van der Waals surface area contributed by atoms with Crippen molar-refractivity contribution >= 4 is 21.4 Å². The van der Waals surface area contributed by atoms with Crippen molar-refractivity contribution < 1.29 is 8.42 Å². The van der Waals surface area contributed by atoms with Crippen molar-refractivity contribution in [3.63, 3.8) is 0 Å². The van der Waals surface area contributed by atoms with E-state index in [1.165, 1.54) is 12.1 Å². The summed E-state index contributed by atoms with van der Waals surface area (Å²) in [7, 11) is -3.73. The molecule has 27 heavy (non-hydrogen) atoms. The summed E-state index contributed by atoms with van der Waals surface area (Å²) in [5, 5.41) is 11.9. The van der Waals surface area contributed by atoms with Gasteiger partial charge in [-0.3, -0.25) is 9.99 Å². The van der Waals surface area contributed by atoms with Gasteiger partial charge in [-0.1, -0.05) is 36.4 Å². The van der Waals surface area contributed by atoms with Crippen molar-refractivity contribution in [3.05, 3.63) is 90.3 Å². The number of hydrazone groups is 1. The third-order valence-corrected chi connectivity index (χ3v) is 5.45. The lowest BCUT2D eigenvalue weighted by molar-refractivity contribution is 0.597. The molecule has 7 heteroatoms. The Morgan fingerprint density at radius 2 is 1.70 bits per heavy atom. The molecule has 0 saturated carbocycles. The zero-order valence-corrected chi connectivity index (χ0v) is 15.3. The number of pyridine rings is 1. The molecule has 0 aliphatic carbocycles. The molecule has 0 bridgehead atoms. The van der Waals surface area contributed by atoms with Crippen molar-refractivity contribution in [1.82, 2.24) is 4.98 Å². The number of hydrogen-bond acceptors (Lipinski definition) is 5. The summed E-state index contributed by atoms with van der Waals surface area (Å²) in [5.41, 5.74) is 3.85. The maximum absolute atomic E-state index is 11.5. The number of benzene rings is 2. The van der Waals surface area contributed by atoms with Crippen LogP contribution in [0, 0.1) is 0 Å². The monoisotopic (exact) mass is 378 g/mol. The second-order valence-corrected chi connectivity index (χ2v) is 7.86. The summed E-state index contributed by atoms with van der Waals surface area (Å²) in [6.45, 7) is 0. The molecule has 1 aliphatic rings. The highest BCUT2D eigenvalue weighted by atomic mass is 32.2. The van der Waals surface area contributed by atoms with E-state index in [9.17, 15) is 8.42 Å². The summed E-state index contributed by atoms with van der Waals surface area (Å²) >= 11 is 0. The highest BCUT2D eigenvalue weighted by molar-refractivity contribution is 7.89. The van der Waals surface area contributed by atoms with Crippen LogP contribution < -0.4 is 10.1 Å². The fourth-order valence-corrected chi connectivity index (χ4v) is 3.70. The second kappa shape index (κ2) is 6.94.